The standard InChI is InChI=1S/C46H69IN10O14/c1-27(2)37(44(64)51-28(3)43(63)52-33-9-8-29(26-69-54-47)23-34(33)70-46-40(62)38(60)39(61)41(71-46)45(65)66)53-35(58)13-19-67-21-22-68-20-15-49-31-10-16-56(17-11-31)36(59)12-18-57-32(25-55(5)48-4)24-30-7-6-14-50-42(30)57/h6-9,14,23-24,27-28,31,37-41,46,48-49,54,60-62H,10-13,15-22,25-26H2,1-5H3,(H,51,64)(H,52,63)(H,53,58)(H,65,66)/t28-,37-,38-,39-,40+,41-,46+/m0/s1. The number of amides is 4. The van der Waals surface area contributed by atoms with Crippen LogP contribution in [0.1, 0.15) is 57.7 Å². The molecule has 2 aromatic heterocycles. The molecule has 4 amide bonds. The van der Waals surface area contributed by atoms with Gasteiger partial charge in [0.05, 0.1) is 45.3 Å². The van der Waals surface area contributed by atoms with Gasteiger partial charge in [-0.25, -0.2) is 14.8 Å². The van der Waals surface area contributed by atoms with Crippen LogP contribution in [0.5, 0.6) is 5.75 Å². The molecule has 2 fully saturated rings. The van der Waals surface area contributed by atoms with E-state index in [2.05, 4.69) is 46.0 Å². The minimum absolute atomic E-state index is 0.0214. The van der Waals surface area contributed by atoms with E-state index in [0.717, 1.165) is 29.6 Å². The summed E-state index contributed by atoms with van der Waals surface area (Å²) < 4.78 is 26.9. The number of hydrazine groups is 1. The monoisotopic (exact) mass is 1110 g/mol. The number of aromatic nitrogens is 2. The number of carboxylic acids is 1. The highest BCUT2D eigenvalue weighted by Crippen LogP contribution is 2.31. The van der Waals surface area contributed by atoms with Gasteiger partial charge >= 0.3 is 5.97 Å². The fourth-order valence-electron chi connectivity index (χ4n) is 8.00. The number of carbonyl (C=O) groups excluding carboxylic acids is 4. The number of halogens is 1. The molecule has 0 saturated carbocycles. The number of fused-ring (bicyclic) bond motifs is 1. The number of nitrogens with zero attached hydrogens (tertiary/aromatic N) is 4. The molecule has 10 N–H and O–H groups in total. The van der Waals surface area contributed by atoms with Crippen LogP contribution in [0.2, 0.25) is 0 Å². The molecule has 1 aromatic carbocycles. The first kappa shape index (κ1) is 57.3. The molecule has 4 heterocycles. The van der Waals surface area contributed by atoms with Crippen molar-refractivity contribution in [1.82, 2.24) is 44.5 Å². The molecule has 0 bridgehead atoms. The lowest BCUT2D eigenvalue weighted by Crippen LogP contribution is -2.61. The Morgan fingerprint density at radius 2 is 1.66 bits per heavy atom. The van der Waals surface area contributed by atoms with Gasteiger partial charge in [0.15, 0.2) is 6.10 Å². The summed E-state index contributed by atoms with van der Waals surface area (Å²) in [6, 6.07) is 8.68. The second-order valence-electron chi connectivity index (χ2n) is 17.7. The van der Waals surface area contributed by atoms with Crippen LogP contribution < -0.4 is 35.1 Å². The van der Waals surface area contributed by atoms with Crippen molar-refractivity contribution in [3.63, 3.8) is 0 Å². The molecule has 7 atom stereocenters. The normalized spacial score (nSPS) is 20.5. The molecule has 0 radical (unpaired) electrons. The van der Waals surface area contributed by atoms with Gasteiger partial charge in [0.25, 0.3) is 0 Å². The number of hydrogen-bond donors (Lipinski definition) is 10. The zero-order chi connectivity index (χ0) is 51.6. The summed E-state index contributed by atoms with van der Waals surface area (Å²) in [6.45, 7) is 9.33. The van der Waals surface area contributed by atoms with Gasteiger partial charge in [0.2, 0.25) is 29.9 Å². The van der Waals surface area contributed by atoms with Crippen LogP contribution in [-0.2, 0) is 62.7 Å². The summed E-state index contributed by atoms with van der Waals surface area (Å²) >= 11 is 1.76. The Kier molecular flexibility index (Phi) is 23.0. The Labute approximate surface area is 426 Å². The predicted molar refractivity (Wildman–Crippen MR) is 265 cm³/mol. The largest absolute Gasteiger partial charge is 0.479 e. The summed E-state index contributed by atoms with van der Waals surface area (Å²) in [7, 11) is 3.84. The molecule has 3 aromatic rings. The first-order valence-corrected chi connectivity index (χ1v) is 24.7. The number of aliphatic hydroxyl groups excluding tert-OH is 3. The Balaban J connectivity index is 0.962. The van der Waals surface area contributed by atoms with Gasteiger partial charge in [-0.1, -0.05) is 19.9 Å². The van der Waals surface area contributed by atoms with Crippen molar-refractivity contribution < 1.29 is 68.2 Å². The molecule has 0 spiro atoms. The summed E-state index contributed by atoms with van der Waals surface area (Å²) in [4.78, 5) is 76.2. The van der Waals surface area contributed by atoms with Crippen LogP contribution in [-0.4, -0.2) is 178 Å². The third-order valence-electron chi connectivity index (χ3n) is 12.1. The lowest BCUT2D eigenvalue weighted by atomic mass is 9.99. The minimum Gasteiger partial charge on any atom is -0.479 e. The highest BCUT2D eigenvalue weighted by atomic mass is 127. The van der Waals surface area contributed by atoms with Gasteiger partial charge in [0.1, 0.15) is 41.8 Å². The zero-order valence-corrected chi connectivity index (χ0v) is 42.8. The molecular weight excluding hydrogens is 1040 g/mol. The van der Waals surface area contributed by atoms with Gasteiger partial charge in [0, 0.05) is 92.3 Å². The fraction of sp³-hybridized carbons (Fsp3) is 0.609. The number of carbonyl (C=O) groups is 5. The molecule has 2 aliphatic rings. The highest BCUT2D eigenvalue weighted by Gasteiger charge is 2.48. The average molecular weight is 1110 g/mol. The number of hydrogen-bond acceptors (Lipinski definition) is 18. The number of piperidine rings is 1. The first-order valence-electron chi connectivity index (χ1n) is 23.6. The molecular formula is C46H69IN10O14. The van der Waals surface area contributed by atoms with Crippen LogP contribution in [0.15, 0.2) is 42.6 Å². The minimum atomic E-state index is -1.94. The molecule has 394 valence electrons. The number of likely N-dealkylation sites (tertiary alicyclic amines) is 1. The summed E-state index contributed by atoms with van der Waals surface area (Å²) in [5, 5.41) is 54.9. The number of rotatable bonds is 28. The maximum Gasteiger partial charge on any atom is 0.335 e. The van der Waals surface area contributed by atoms with Gasteiger partial charge in [-0.3, -0.25) is 29.4 Å². The average Bonchev–Trinajstić information content (AvgIpc) is 3.70. The van der Waals surface area contributed by atoms with Crippen molar-refractivity contribution in [1.29, 1.82) is 0 Å². The van der Waals surface area contributed by atoms with Crippen molar-refractivity contribution >= 4 is 69.2 Å². The number of aryl methyl sites for hydroxylation is 1. The topological polar surface area (TPSA) is 309 Å². The Morgan fingerprint density at radius 3 is 2.35 bits per heavy atom. The zero-order valence-electron chi connectivity index (χ0n) is 40.7. The van der Waals surface area contributed by atoms with Crippen molar-refractivity contribution in [2.75, 3.05) is 65.5 Å². The van der Waals surface area contributed by atoms with Gasteiger partial charge < -0.3 is 70.1 Å². The third-order valence-corrected chi connectivity index (χ3v) is 12.4. The number of anilines is 1. The number of aliphatic carboxylic acids is 1. The second-order valence-corrected chi connectivity index (χ2v) is 18.1. The van der Waals surface area contributed by atoms with Crippen molar-refractivity contribution in [2.45, 2.75) is 115 Å². The number of aliphatic hydroxyl groups is 3. The van der Waals surface area contributed by atoms with E-state index in [1.165, 1.54) is 19.1 Å². The Hall–Kier alpha value is -4.65. The van der Waals surface area contributed by atoms with Crippen molar-refractivity contribution in [3.8, 4) is 5.75 Å². The molecule has 24 nitrogen and oxygen atoms in total. The first-order chi connectivity index (χ1) is 34.0. The van der Waals surface area contributed by atoms with Crippen LogP contribution in [0.3, 0.4) is 0 Å². The number of carboxylic acid groups (broad SMARTS) is 1. The van der Waals surface area contributed by atoms with Crippen LogP contribution in [0.25, 0.3) is 11.0 Å². The van der Waals surface area contributed by atoms with Crippen molar-refractivity contribution in [3.05, 3.63) is 53.9 Å². The quantitative estimate of drug-likeness (QED) is 0.0197. The molecule has 71 heavy (non-hydrogen) atoms. The van der Waals surface area contributed by atoms with Gasteiger partial charge in [-0.2, -0.15) is 0 Å². The molecule has 2 aliphatic heterocycles. The van der Waals surface area contributed by atoms with E-state index in [1.54, 1.807) is 49.0 Å². The lowest BCUT2D eigenvalue weighted by Gasteiger charge is -2.38. The van der Waals surface area contributed by atoms with E-state index in [1.807, 2.05) is 36.1 Å². The van der Waals surface area contributed by atoms with E-state index in [0.29, 0.717) is 57.9 Å². The number of ether oxygens (including phenoxy) is 4. The smallest absolute Gasteiger partial charge is 0.335 e. The van der Waals surface area contributed by atoms with Crippen molar-refractivity contribution in [2.24, 2.45) is 5.92 Å². The molecule has 0 aliphatic carbocycles. The predicted octanol–water partition coefficient (Wildman–Crippen LogP) is -0.0771. The number of nitrogens with one attached hydrogen (secondary N) is 6. The summed E-state index contributed by atoms with van der Waals surface area (Å²) in [6.07, 6.45) is -5.60. The van der Waals surface area contributed by atoms with Crippen LogP contribution in [0.4, 0.5) is 5.69 Å². The molecule has 0 unspecified atom stereocenters. The fourth-order valence-corrected chi connectivity index (χ4v) is 8.15. The van der Waals surface area contributed by atoms with E-state index in [9.17, 15) is 44.4 Å². The Bertz CT molecular complexity index is 2210. The molecule has 25 heteroatoms. The second kappa shape index (κ2) is 28.6. The Morgan fingerprint density at radius 1 is 0.930 bits per heavy atom. The van der Waals surface area contributed by atoms with E-state index < -0.39 is 66.5 Å². The van der Waals surface area contributed by atoms with E-state index in [4.69, 9.17) is 23.8 Å². The SMILES string of the molecule is CNN(C)Cc1cc2cccnc2n1CCC(=O)N1CCC(NCCOCCOCCC(=O)N[C@H](C(=O)N[C@@H](C)C(=O)Nc2ccc(CONI)cc2O[C@@H]2O[C@H](C(=O)O)[C@@H](O)[C@H](O)[C@H]2O)C(C)C)CC1. The number of pyridine rings is 1. The number of benzene rings is 1. The van der Waals surface area contributed by atoms with E-state index in [-0.39, 0.29) is 55.5 Å². The maximum absolute atomic E-state index is 13.4. The lowest BCUT2D eigenvalue weighted by molar-refractivity contribution is -0.271. The molecule has 5 rings (SSSR count). The maximum atomic E-state index is 13.4. The van der Waals surface area contributed by atoms with Crippen LogP contribution >= 0.6 is 22.9 Å². The van der Waals surface area contributed by atoms with Gasteiger partial charge in [-0.05, 0) is 68.6 Å². The highest BCUT2D eigenvalue weighted by molar-refractivity contribution is 14.1. The molecule has 2 saturated heterocycles. The van der Waals surface area contributed by atoms with Gasteiger partial charge in [-0.15, -0.1) is 3.69 Å². The summed E-state index contributed by atoms with van der Waals surface area (Å²) in [5.74, 6) is -3.68. The van der Waals surface area contributed by atoms with E-state index >= 15 is 0 Å². The van der Waals surface area contributed by atoms with Crippen LogP contribution in [0, 0.1) is 5.92 Å². The third kappa shape index (κ3) is 17.0. The summed E-state index contributed by atoms with van der Waals surface area (Å²) in [5.41, 5.74) is 5.64.